The number of hydrogen-bond acceptors (Lipinski definition) is 3. The molecule has 152 valence electrons. The van der Waals surface area contributed by atoms with Gasteiger partial charge in [-0.1, -0.05) is 23.7 Å². The van der Waals surface area contributed by atoms with Gasteiger partial charge in [-0.25, -0.2) is 0 Å². The molecule has 8 heteroatoms. The number of likely N-dealkylation sites (tertiary alicyclic amines) is 1. The summed E-state index contributed by atoms with van der Waals surface area (Å²) in [6.07, 6.45) is 3.09. The van der Waals surface area contributed by atoms with Crippen molar-refractivity contribution >= 4 is 39.1 Å². The van der Waals surface area contributed by atoms with Crippen LogP contribution in [0, 0.1) is 0 Å². The van der Waals surface area contributed by atoms with Crippen LogP contribution >= 0.6 is 11.6 Å². The summed E-state index contributed by atoms with van der Waals surface area (Å²) in [6.45, 7) is 0.813. The van der Waals surface area contributed by atoms with E-state index in [1.807, 2.05) is 30.1 Å². The first kappa shape index (κ1) is 19.9. The number of sulfonamides is 1. The Morgan fingerprint density at radius 2 is 1.90 bits per heavy atom. The molecule has 1 aliphatic carbocycles. The van der Waals surface area contributed by atoms with Crippen LogP contribution in [0.1, 0.15) is 31.2 Å². The second-order valence-electron chi connectivity index (χ2n) is 7.58. The fourth-order valence-corrected chi connectivity index (χ4v) is 4.90. The number of rotatable bonds is 5. The molecule has 1 saturated carbocycles. The lowest BCUT2D eigenvalue weighted by Gasteiger charge is -2.16. The van der Waals surface area contributed by atoms with Crippen molar-refractivity contribution in [3.63, 3.8) is 0 Å². The summed E-state index contributed by atoms with van der Waals surface area (Å²) in [5.74, 6) is 0.475. The third-order valence-electron chi connectivity index (χ3n) is 5.53. The Morgan fingerprint density at radius 3 is 2.48 bits per heavy atom. The van der Waals surface area contributed by atoms with E-state index in [9.17, 15) is 13.2 Å². The van der Waals surface area contributed by atoms with E-state index in [-0.39, 0.29) is 10.8 Å². The standard InChI is InChI=1S/C21H22ClN3O3S/c1-25-13-3-6-19(25)24-29(27,28)18-9-7-17(8-10-18)23-20(26)21(11-12-21)15-4-2-5-16(22)14-15/h2,4-5,7-10,14H,3,6,11-13H2,1H3,(H,23,26)/b24-19-. The van der Waals surface area contributed by atoms with Gasteiger partial charge < -0.3 is 10.2 Å². The maximum atomic E-state index is 12.9. The summed E-state index contributed by atoms with van der Waals surface area (Å²) in [5.41, 5.74) is 0.889. The normalized spacial score (nSPS) is 19.4. The third kappa shape index (κ3) is 4.02. The zero-order valence-electron chi connectivity index (χ0n) is 16.1. The van der Waals surface area contributed by atoms with Crippen LogP contribution < -0.4 is 5.32 Å². The van der Waals surface area contributed by atoms with Crippen LogP contribution in [-0.4, -0.2) is 38.7 Å². The summed E-state index contributed by atoms with van der Waals surface area (Å²) in [7, 11) is -1.93. The number of carbonyl (C=O) groups excluding carboxylic acids is 1. The molecule has 1 amide bonds. The Labute approximate surface area is 175 Å². The lowest BCUT2D eigenvalue weighted by molar-refractivity contribution is -0.118. The van der Waals surface area contributed by atoms with Crippen molar-refractivity contribution in [3.8, 4) is 0 Å². The Morgan fingerprint density at radius 1 is 1.17 bits per heavy atom. The molecule has 0 spiro atoms. The minimum atomic E-state index is -3.77. The molecule has 2 aromatic rings. The van der Waals surface area contributed by atoms with Gasteiger partial charge in [0.15, 0.2) is 0 Å². The van der Waals surface area contributed by atoms with E-state index < -0.39 is 15.4 Å². The molecule has 4 rings (SSSR count). The molecule has 1 heterocycles. The van der Waals surface area contributed by atoms with Crippen LogP contribution in [-0.2, 0) is 20.2 Å². The van der Waals surface area contributed by atoms with Gasteiger partial charge in [0.05, 0.1) is 10.3 Å². The van der Waals surface area contributed by atoms with Crippen LogP contribution in [0.4, 0.5) is 5.69 Å². The molecule has 29 heavy (non-hydrogen) atoms. The van der Waals surface area contributed by atoms with Crippen molar-refractivity contribution in [2.24, 2.45) is 4.40 Å². The van der Waals surface area contributed by atoms with E-state index in [2.05, 4.69) is 9.71 Å². The smallest absolute Gasteiger partial charge is 0.283 e. The Hall–Kier alpha value is -2.38. The molecule has 2 aromatic carbocycles. The predicted octanol–water partition coefficient (Wildman–Crippen LogP) is 3.82. The van der Waals surface area contributed by atoms with E-state index in [1.54, 1.807) is 18.2 Å². The highest BCUT2D eigenvalue weighted by atomic mass is 35.5. The molecule has 6 nitrogen and oxygen atoms in total. The van der Waals surface area contributed by atoms with Gasteiger partial charge in [0.1, 0.15) is 5.84 Å². The second-order valence-corrected chi connectivity index (χ2v) is 9.62. The Kier molecular flexibility index (Phi) is 5.12. The number of anilines is 1. The number of carbonyl (C=O) groups is 1. The summed E-state index contributed by atoms with van der Waals surface area (Å²) in [6, 6.07) is 13.5. The fraction of sp³-hybridized carbons (Fsp3) is 0.333. The predicted molar refractivity (Wildman–Crippen MR) is 114 cm³/mol. The molecule has 0 radical (unpaired) electrons. The minimum absolute atomic E-state index is 0.108. The van der Waals surface area contributed by atoms with Crippen molar-refractivity contribution in [1.29, 1.82) is 0 Å². The lowest BCUT2D eigenvalue weighted by atomic mass is 9.95. The van der Waals surface area contributed by atoms with Crippen molar-refractivity contribution in [3.05, 3.63) is 59.1 Å². The van der Waals surface area contributed by atoms with Crippen molar-refractivity contribution < 1.29 is 13.2 Å². The molecule has 0 aromatic heterocycles. The number of nitrogens with one attached hydrogen (secondary N) is 1. The number of nitrogens with zero attached hydrogens (tertiary/aromatic N) is 2. The third-order valence-corrected chi connectivity index (χ3v) is 7.09. The van der Waals surface area contributed by atoms with Gasteiger partial charge in [-0.3, -0.25) is 4.79 Å². The topological polar surface area (TPSA) is 78.8 Å². The maximum absolute atomic E-state index is 12.9. The zero-order valence-corrected chi connectivity index (χ0v) is 17.6. The van der Waals surface area contributed by atoms with Crippen molar-refractivity contribution in [2.75, 3.05) is 18.9 Å². The number of benzene rings is 2. The van der Waals surface area contributed by atoms with E-state index in [0.717, 1.165) is 31.4 Å². The summed E-state index contributed by atoms with van der Waals surface area (Å²) >= 11 is 6.07. The number of hydrogen-bond donors (Lipinski definition) is 1. The van der Waals surface area contributed by atoms with E-state index >= 15 is 0 Å². The SMILES string of the molecule is CN1CCC/C1=N/S(=O)(=O)c1ccc(NC(=O)C2(c3cccc(Cl)c3)CC2)cc1. The fourth-order valence-electron chi connectivity index (χ4n) is 3.62. The average molecular weight is 432 g/mol. The highest BCUT2D eigenvalue weighted by molar-refractivity contribution is 7.90. The summed E-state index contributed by atoms with van der Waals surface area (Å²) in [4.78, 5) is 14.8. The summed E-state index contributed by atoms with van der Waals surface area (Å²) < 4.78 is 29.0. The second kappa shape index (κ2) is 7.46. The number of amides is 1. The largest absolute Gasteiger partial charge is 0.362 e. The molecular formula is C21H22ClN3O3S. The highest BCUT2D eigenvalue weighted by Gasteiger charge is 2.51. The molecular weight excluding hydrogens is 410 g/mol. The lowest BCUT2D eigenvalue weighted by Crippen LogP contribution is -2.27. The van der Waals surface area contributed by atoms with Crippen molar-refractivity contribution in [1.82, 2.24) is 4.90 Å². The average Bonchev–Trinajstić information content (AvgIpc) is 3.41. The molecule has 1 aliphatic heterocycles. The summed E-state index contributed by atoms with van der Waals surface area (Å²) in [5, 5.41) is 3.50. The van der Waals surface area contributed by atoms with E-state index in [4.69, 9.17) is 11.6 Å². The van der Waals surface area contributed by atoms with E-state index in [0.29, 0.717) is 23.0 Å². The maximum Gasteiger partial charge on any atom is 0.283 e. The van der Waals surface area contributed by atoms with Gasteiger partial charge >= 0.3 is 0 Å². The van der Waals surface area contributed by atoms with Crippen LogP contribution in [0.3, 0.4) is 0 Å². The Bertz CT molecular complexity index is 1080. The van der Waals surface area contributed by atoms with Gasteiger partial charge in [-0.15, -0.1) is 4.40 Å². The minimum Gasteiger partial charge on any atom is -0.362 e. The van der Waals surface area contributed by atoms with Gasteiger partial charge in [-0.2, -0.15) is 8.42 Å². The highest BCUT2D eigenvalue weighted by Crippen LogP contribution is 2.49. The monoisotopic (exact) mass is 431 g/mol. The quantitative estimate of drug-likeness (QED) is 0.780. The van der Waals surface area contributed by atoms with Crippen LogP contribution in [0.5, 0.6) is 0 Å². The van der Waals surface area contributed by atoms with Gasteiger partial charge in [0, 0.05) is 30.7 Å². The van der Waals surface area contributed by atoms with Crippen molar-refractivity contribution in [2.45, 2.75) is 36.0 Å². The molecule has 1 saturated heterocycles. The van der Waals surface area contributed by atoms with Crippen LogP contribution in [0.15, 0.2) is 57.8 Å². The van der Waals surface area contributed by atoms with Crippen LogP contribution in [0.25, 0.3) is 0 Å². The first-order valence-corrected chi connectivity index (χ1v) is 11.3. The first-order valence-electron chi connectivity index (χ1n) is 9.53. The zero-order chi connectivity index (χ0) is 20.6. The molecule has 2 fully saturated rings. The molecule has 1 N–H and O–H groups in total. The van der Waals surface area contributed by atoms with Gasteiger partial charge in [0.2, 0.25) is 5.91 Å². The first-order chi connectivity index (χ1) is 13.8. The van der Waals surface area contributed by atoms with Gasteiger partial charge in [0.25, 0.3) is 10.0 Å². The van der Waals surface area contributed by atoms with Gasteiger partial charge in [-0.05, 0) is 61.2 Å². The van der Waals surface area contributed by atoms with Crippen LogP contribution in [0.2, 0.25) is 5.02 Å². The molecule has 0 unspecified atom stereocenters. The Balaban J connectivity index is 1.49. The number of amidine groups is 1. The molecule has 0 bridgehead atoms. The molecule has 2 aliphatic rings. The van der Waals surface area contributed by atoms with E-state index in [1.165, 1.54) is 12.1 Å². The molecule has 0 atom stereocenters. The number of halogens is 1.